The second-order valence-corrected chi connectivity index (χ2v) is 5.83. The molecule has 0 amide bonds. The molecular weight excluding hydrogens is 256 g/mol. The average Bonchev–Trinajstić information content (AvgIpc) is 2.85. The van der Waals surface area contributed by atoms with E-state index in [1.807, 2.05) is 0 Å². The van der Waals surface area contributed by atoms with Gasteiger partial charge in [-0.1, -0.05) is 33.6 Å². The van der Waals surface area contributed by atoms with Crippen LogP contribution >= 0.6 is 11.6 Å². The summed E-state index contributed by atoms with van der Waals surface area (Å²) in [5.74, 6) is 0.750. The minimum Gasteiger partial charge on any atom is -0.270 e. The van der Waals surface area contributed by atoms with E-state index in [0.717, 1.165) is 31.7 Å². The van der Waals surface area contributed by atoms with E-state index in [1.165, 1.54) is 30.7 Å². The molecule has 0 aromatic carbocycles. The molecule has 19 heavy (non-hydrogen) atoms. The van der Waals surface area contributed by atoms with Gasteiger partial charge in [-0.15, -0.1) is 11.6 Å². The minimum atomic E-state index is 0.246. The van der Waals surface area contributed by atoms with Crippen LogP contribution in [0.15, 0.2) is 6.07 Å². The first-order valence-electron chi connectivity index (χ1n) is 7.76. The van der Waals surface area contributed by atoms with Crippen molar-refractivity contribution in [1.82, 2.24) is 9.78 Å². The molecule has 0 fully saturated rings. The molecule has 0 spiro atoms. The van der Waals surface area contributed by atoms with Crippen LogP contribution < -0.4 is 0 Å². The summed E-state index contributed by atoms with van der Waals surface area (Å²) in [4.78, 5) is 0. The third kappa shape index (κ3) is 4.24. The molecule has 0 aliphatic heterocycles. The van der Waals surface area contributed by atoms with Gasteiger partial charge in [0, 0.05) is 18.1 Å². The van der Waals surface area contributed by atoms with Gasteiger partial charge in [0.2, 0.25) is 0 Å². The van der Waals surface area contributed by atoms with Gasteiger partial charge in [-0.2, -0.15) is 5.10 Å². The molecule has 0 aliphatic rings. The fourth-order valence-corrected chi connectivity index (χ4v) is 3.06. The Morgan fingerprint density at radius 1 is 1.26 bits per heavy atom. The van der Waals surface area contributed by atoms with E-state index < -0.39 is 0 Å². The molecule has 1 heterocycles. The zero-order valence-corrected chi connectivity index (χ0v) is 13.8. The van der Waals surface area contributed by atoms with Crippen LogP contribution in [-0.4, -0.2) is 15.7 Å². The van der Waals surface area contributed by atoms with E-state index in [2.05, 4.69) is 43.5 Å². The van der Waals surface area contributed by atoms with E-state index in [-0.39, 0.29) is 5.41 Å². The highest BCUT2D eigenvalue weighted by atomic mass is 35.5. The molecule has 0 N–H and O–H groups in total. The molecule has 1 aromatic rings. The molecule has 0 aliphatic carbocycles. The Bertz CT molecular complexity index is 367. The van der Waals surface area contributed by atoms with Gasteiger partial charge in [-0.3, -0.25) is 4.68 Å². The average molecular weight is 285 g/mol. The Kier molecular flexibility index (Phi) is 6.92. The van der Waals surface area contributed by atoms with Crippen LogP contribution in [-0.2, 0) is 19.4 Å². The van der Waals surface area contributed by atoms with Crippen LogP contribution in [0.2, 0.25) is 0 Å². The van der Waals surface area contributed by atoms with Gasteiger partial charge < -0.3 is 0 Å². The fraction of sp³-hybridized carbons (Fsp3) is 0.812. The number of hydrogen-bond acceptors (Lipinski definition) is 1. The van der Waals surface area contributed by atoms with Crippen LogP contribution in [0, 0.1) is 5.41 Å². The van der Waals surface area contributed by atoms with Crippen molar-refractivity contribution in [3.05, 3.63) is 17.5 Å². The lowest BCUT2D eigenvalue weighted by atomic mass is 9.78. The molecule has 0 bridgehead atoms. The lowest BCUT2D eigenvalue weighted by Gasteiger charge is -2.31. The first-order valence-corrected chi connectivity index (χ1v) is 8.29. The predicted molar refractivity (Wildman–Crippen MR) is 84.0 cm³/mol. The first kappa shape index (κ1) is 16.6. The summed E-state index contributed by atoms with van der Waals surface area (Å²) in [6, 6.07) is 2.27. The molecule has 1 rings (SSSR count). The molecule has 0 saturated heterocycles. The van der Waals surface area contributed by atoms with Gasteiger partial charge >= 0.3 is 0 Å². The molecule has 2 nitrogen and oxygen atoms in total. The summed E-state index contributed by atoms with van der Waals surface area (Å²) >= 11 is 6.32. The van der Waals surface area contributed by atoms with Crippen LogP contribution in [0.1, 0.15) is 64.8 Å². The number of aryl methyl sites for hydroxylation is 2. The van der Waals surface area contributed by atoms with Crippen molar-refractivity contribution in [3.8, 4) is 0 Å². The second kappa shape index (κ2) is 7.94. The van der Waals surface area contributed by atoms with E-state index in [4.69, 9.17) is 11.6 Å². The molecule has 1 atom stereocenters. The third-order valence-corrected chi connectivity index (χ3v) is 4.79. The maximum Gasteiger partial charge on any atom is 0.0624 e. The third-order valence-electron chi connectivity index (χ3n) is 4.23. The van der Waals surface area contributed by atoms with Gasteiger partial charge in [0.05, 0.1) is 5.69 Å². The van der Waals surface area contributed by atoms with Gasteiger partial charge in [-0.25, -0.2) is 0 Å². The second-order valence-electron chi connectivity index (χ2n) is 5.56. The Labute approximate surface area is 123 Å². The van der Waals surface area contributed by atoms with Crippen molar-refractivity contribution in [3.63, 3.8) is 0 Å². The van der Waals surface area contributed by atoms with Gasteiger partial charge in [0.25, 0.3) is 0 Å². The van der Waals surface area contributed by atoms with E-state index in [1.54, 1.807) is 0 Å². The summed E-state index contributed by atoms with van der Waals surface area (Å²) in [6.45, 7) is 9.80. The minimum absolute atomic E-state index is 0.246. The number of unbranched alkanes of at least 4 members (excludes halogenated alkanes) is 1. The maximum atomic E-state index is 6.32. The van der Waals surface area contributed by atoms with Crippen LogP contribution in [0.5, 0.6) is 0 Å². The fourth-order valence-electron chi connectivity index (χ4n) is 2.64. The summed E-state index contributed by atoms with van der Waals surface area (Å²) in [7, 11) is 0. The van der Waals surface area contributed by atoms with Crippen molar-refractivity contribution < 1.29 is 0 Å². The van der Waals surface area contributed by atoms with Crippen molar-refractivity contribution in [2.75, 3.05) is 5.88 Å². The number of aromatic nitrogens is 2. The highest BCUT2D eigenvalue weighted by Crippen LogP contribution is 2.34. The van der Waals surface area contributed by atoms with Crippen LogP contribution in [0.3, 0.4) is 0 Å². The Morgan fingerprint density at radius 3 is 2.47 bits per heavy atom. The monoisotopic (exact) mass is 284 g/mol. The number of nitrogens with zero attached hydrogens (tertiary/aromatic N) is 2. The maximum absolute atomic E-state index is 6.32. The topological polar surface area (TPSA) is 17.8 Å². The Morgan fingerprint density at radius 2 is 2.00 bits per heavy atom. The largest absolute Gasteiger partial charge is 0.270 e. The van der Waals surface area contributed by atoms with Crippen molar-refractivity contribution in [2.24, 2.45) is 5.41 Å². The molecule has 3 heteroatoms. The van der Waals surface area contributed by atoms with E-state index in [9.17, 15) is 0 Å². The first-order chi connectivity index (χ1) is 9.14. The number of rotatable bonds is 9. The Balaban J connectivity index is 2.91. The highest BCUT2D eigenvalue weighted by Gasteiger charge is 2.28. The van der Waals surface area contributed by atoms with E-state index in [0.29, 0.717) is 0 Å². The van der Waals surface area contributed by atoms with Crippen molar-refractivity contribution in [1.29, 1.82) is 0 Å². The Hall–Kier alpha value is -0.500. The zero-order chi connectivity index (χ0) is 14.3. The summed E-state index contributed by atoms with van der Waals surface area (Å²) in [6.07, 6.45) is 6.95. The lowest BCUT2D eigenvalue weighted by molar-refractivity contribution is 0.271. The zero-order valence-electron chi connectivity index (χ0n) is 13.0. The normalized spacial score (nSPS) is 14.6. The molecule has 0 saturated carbocycles. The van der Waals surface area contributed by atoms with E-state index >= 15 is 0 Å². The summed E-state index contributed by atoms with van der Waals surface area (Å²) in [5, 5.41) is 4.65. The van der Waals surface area contributed by atoms with Gasteiger partial charge in [0.15, 0.2) is 0 Å². The number of alkyl halides is 1. The number of hydrogen-bond donors (Lipinski definition) is 0. The van der Waals surface area contributed by atoms with Gasteiger partial charge in [0.1, 0.15) is 0 Å². The molecule has 0 radical (unpaired) electrons. The lowest BCUT2D eigenvalue weighted by Crippen LogP contribution is -2.26. The van der Waals surface area contributed by atoms with Crippen LogP contribution in [0.25, 0.3) is 0 Å². The molecule has 110 valence electrons. The quantitative estimate of drug-likeness (QED) is 0.594. The summed E-state index contributed by atoms with van der Waals surface area (Å²) < 4.78 is 2.15. The highest BCUT2D eigenvalue weighted by molar-refractivity contribution is 6.18. The SMILES string of the molecule is CCCCC(CC)(CCl)Cc1cc(CC)nn1CC. The molecule has 1 aromatic heterocycles. The standard InChI is InChI=1S/C16H29ClN2/c1-5-9-10-16(7-3,13-17)12-15-11-14(6-2)18-19(15)8-4/h11H,5-10,12-13H2,1-4H3. The predicted octanol–water partition coefficient (Wildman–Crippen LogP) is 4.83. The van der Waals surface area contributed by atoms with Crippen molar-refractivity contribution >= 4 is 11.6 Å². The van der Waals surface area contributed by atoms with Crippen LogP contribution in [0.4, 0.5) is 0 Å². The van der Waals surface area contributed by atoms with Gasteiger partial charge in [-0.05, 0) is 44.1 Å². The molecule has 1 unspecified atom stereocenters. The number of halogens is 1. The van der Waals surface area contributed by atoms with Crippen molar-refractivity contribution in [2.45, 2.75) is 72.8 Å². The molecular formula is C16H29ClN2. The summed E-state index contributed by atoms with van der Waals surface area (Å²) in [5.41, 5.74) is 2.81. The smallest absolute Gasteiger partial charge is 0.0624 e.